The van der Waals surface area contributed by atoms with Gasteiger partial charge in [0.1, 0.15) is 36.0 Å². The van der Waals surface area contributed by atoms with Gasteiger partial charge in [-0.2, -0.15) is 8.78 Å². The van der Waals surface area contributed by atoms with Gasteiger partial charge in [-0.1, -0.05) is 41.3 Å². The second kappa shape index (κ2) is 13.8. The second-order valence-corrected chi connectivity index (χ2v) is 9.28. The molecule has 226 valence electrons. The molecule has 3 N–H and O–H groups in total. The third-order valence-corrected chi connectivity index (χ3v) is 6.34. The van der Waals surface area contributed by atoms with Gasteiger partial charge in [0.15, 0.2) is 5.60 Å². The van der Waals surface area contributed by atoms with E-state index >= 15 is 8.78 Å². The normalized spacial score (nSPS) is 13.2. The van der Waals surface area contributed by atoms with Gasteiger partial charge in [-0.25, -0.2) is 17.6 Å². The summed E-state index contributed by atoms with van der Waals surface area (Å²) in [6.07, 6.45) is -0.789. The zero-order chi connectivity index (χ0) is 31.7. The molecule has 3 aromatic carbocycles. The van der Waals surface area contributed by atoms with Crippen molar-refractivity contribution in [3.05, 3.63) is 130 Å². The first-order valence-corrected chi connectivity index (χ1v) is 12.8. The van der Waals surface area contributed by atoms with E-state index in [1.807, 2.05) is 0 Å². The van der Waals surface area contributed by atoms with E-state index < -0.39 is 47.4 Å². The monoisotopic (exact) mass is 611 g/mol. The molecule has 1 unspecified atom stereocenters. The summed E-state index contributed by atoms with van der Waals surface area (Å²) in [5, 5.41) is 17.2. The minimum atomic E-state index is -4.21. The molecule has 0 saturated heterocycles. The predicted octanol–water partition coefficient (Wildman–Crippen LogP) is 6.61. The second-order valence-electron chi connectivity index (χ2n) is 9.28. The van der Waals surface area contributed by atoms with Crippen molar-refractivity contribution < 1.29 is 36.2 Å². The van der Waals surface area contributed by atoms with Crippen LogP contribution in [-0.2, 0) is 18.1 Å². The van der Waals surface area contributed by atoms with Crippen LogP contribution in [0.5, 0.6) is 5.75 Å². The van der Waals surface area contributed by atoms with E-state index in [1.165, 1.54) is 18.2 Å². The number of hydrogen-bond donors (Lipinski definition) is 2. The molecule has 0 fully saturated rings. The highest BCUT2D eigenvalue weighted by atomic mass is 19.3. The van der Waals surface area contributed by atoms with Gasteiger partial charge in [0.05, 0.1) is 6.54 Å². The van der Waals surface area contributed by atoms with Crippen LogP contribution in [0.2, 0.25) is 0 Å². The molecule has 0 aliphatic heterocycles. The number of ether oxygens (including phenoxy) is 1. The number of halogens is 6. The number of alkyl halides is 4. The van der Waals surface area contributed by atoms with Gasteiger partial charge in [0.2, 0.25) is 0 Å². The van der Waals surface area contributed by atoms with Crippen molar-refractivity contribution in [1.29, 1.82) is 0 Å². The zero-order valence-electron chi connectivity index (χ0n) is 22.6. The number of benzene rings is 3. The summed E-state index contributed by atoms with van der Waals surface area (Å²) in [5.74, 6) is 4.35. The summed E-state index contributed by atoms with van der Waals surface area (Å²) in [4.78, 5) is 7.29. The Balaban J connectivity index is 1.48. The van der Waals surface area contributed by atoms with Crippen molar-refractivity contribution >= 4 is 6.34 Å². The van der Waals surface area contributed by atoms with E-state index in [2.05, 4.69) is 32.2 Å². The number of aliphatic imine (C=N–C) groups is 1. The summed E-state index contributed by atoms with van der Waals surface area (Å²) in [7, 11) is 0. The van der Waals surface area contributed by atoms with Crippen LogP contribution < -0.4 is 10.6 Å². The molecule has 1 aromatic heterocycles. The smallest absolute Gasteiger partial charge is 0.323 e. The van der Waals surface area contributed by atoms with Gasteiger partial charge in [-0.15, -0.1) is 5.11 Å². The highest BCUT2D eigenvalue weighted by Gasteiger charge is 2.57. The van der Waals surface area contributed by atoms with Crippen LogP contribution in [0.3, 0.4) is 0 Å². The fourth-order valence-corrected chi connectivity index (χ4v) is 3.99. The summed E-state index contributed by atoms with van der Waals surface area (Å²) in [5.41, 5.74) is -3.65. The van der Waals surface area contributed by atoms with Crippen LogP contribution in [0.4, 0.5) is 26.3 Å². The van der Waals surface area contributed by atoms with Crippen molar-refractivity contribution in [2.75, 3.05) is 6.54 Å². The van der Waals surface area contributed by atoms with Crippen molar-refractivity contribution in [2.24, 2.45) is 21.2 Å². The average molecular weight is 612 g/mol. The third kappa shape index (κ3) is 7.40. The first-order chi connectivity index (χ1) is 21.0. The van der Waals surface area contributed by atoms with Gasteiger partial charge in [-0.05, 0) is 54.1 Å². The Morgan fingerprint density at radius 1 is 0.932 bits per heavy atom. The maximum absolute atomic E-state index is 15.7. The highest BCUT2D eigenvalue weighted by Crippen LogP contribution is 2.46. The maximum Gasteiger partial charge on any atom is 0.323 e. The molecule has 7 nitrogen and oxygen atoms in total. The molecule has 13 heteroatoms. The predicted molar refractivity (Wildman–Crippen MR) is 149 cm³/mol. The summed E-state index contributed by atoms with van der Waals surface area (Å²) >= 11 is 0. The minimum absolute atomic E-state index is 0.0745. The first kappa shape index (κ1) is 31.7. The Labute approximate surface area is 247 Å². The van der Waals surface area contributed by atoms with E-state index in [1.54, 1.807) is 36.4 Å². The standard InChI is InChI=1S/C31H23F6N5O2/c32-24-10-13-26(27(33)15-24)30(43,18-39-19-41-42-38)31(36,37)28-14-7-21(16-40-28)2-1-20-5-11-25(12-6-20)44-17-22-3-8-23(9-4-22)29(34)35/h3-16,19,29,43H,17-18H2,(H2,38,39,41). The van der Waals surface area contributed by atoms with E-state index in [0.29, 0.717) is 35.3 Å². The molecule has 44 heavy (non-hydrogen) atoms. The molecule has 1 atom stereocenters. The van der Waals surface area contributed by atoms with Gasteiger partial charge in [0, 0.05) is 34.5 Å². The van der Waals surface area contributed by atoms with E-state index in [-0.39, 0.29) is 17.7 Å². The Bertz CT molecular complexity index is 1690. The average Bonchev–Trinajstić information content (AvgIpc) is 3.02. The van der Waals surface area contributed by atoms with Crippen LogP contribution in [-0.4, -0.2) is 23.0 Å². The summed E-state index contributed by atoms with van der Waals surface area (Å²) in [6, 6.07) is 16.4. The lowest BCUT2D eigenvalue weighted by Gasteiger charge is -2.34. The number of nitrogens with zero attached hydrogens (tertiary/aromatic N) is 4. The zero-order valence-corrected chi connectivity index (χ0v) is 22.6. The lowest BCUT2D eigenvalue weighted by molar-refractivity contribution is -0.193. The molecule has 0 amide bonds. The number of hydrogen-bond acceptors (Lipinski definition) is 5. The SMILES string of the molecule is NN=NC=NCC(O)(c1ccc(F)cc1F)C(F)(F)c1ccc(C#Cc2ccc(OCc3ccc(C(F)F)cc3)cc2)cn1. The van der Waals surface area contributed by atoms with Gasteiger partial charge >= 0.3 is 5.92 Å². The molecule has 0 bridgehead atoms. The molecule has 0 radical (unpaired) electrons. The number of aliphatic hydroxyl groups is 1. The Morgan fingerprint density at radius 2 is 1.61 bits per heavy atom. The van der Waals surface area contributed by atoms with Crippen LogP contribution in [0.25, 0.3) is 0 Å². The lowest BCUT2D eigenvalue weighted by Crippen LogP contribution is -2.47. The minimum Gasteiger partial charge on any atom is -0.489 e. The maximum atomic E-state index is 15.7. The highest BCUT2D eigenvalue weighted by molar-refractivity contribution is 5.54. The fraction of sp³-hybridized carbons (Fsp3) is 0.161. The summed E-state index contributed by atoms with van der Waals surface area (Å²) < 4.78 is 90.5. The molecule has 0 spiro atoms. The molecule has 0 saturated carbocycles. The van der Waals surface area contributed by atoms with Gasteiger partial charge in [-0.3, -0.25) is 9.98 Å². The topological polar surface area (TPSA) is 105 Å². The van der Waals surface area contributed by atoms with Crippen LogP contribution in [0, 0.1) is 23.5 Å². The molecule has 0 aliphatic rings. The lowest BCUT2D eigenvalue weighted by atomic mass is 9.84. The molecular formula is C31H23F6N5O2. The van der Waals surface area contributed by atoms with Gasteiger partial charge < -0.3 is 15.7 Å². The van der Waals surface area contributed by atoms with Crippen molar-refractivity contribution in [2.45, 2.75) is 24.6 Å². The van der Waals surface area contributed by atoms with E-state index in [9.17, 15) is 22.7 Å². The van der Waals surface area contributed by atoms with Crippen LogP contribution in [0.15, 0.2) is 100 Å². The Hall–Kier alpha value is -5.22. The quantitative estimate of drug-likeness (QED) is 0.0401. The van der Waals surface area contributed by atoms with Crippen molar-refractivity contribution in [3.63, 3.8) is 0 Å². The molecule has 4 aromatic rings. The fourth-order valence-electron chi connectivity index (χ4n) is 3.99. The van der Waals surface area contributed by atoms with Crippen LogP contribution in [0.1, 0.15) is 39.9 Å². The molecule has 1 heterocycles. The Kier molecular flexibility index (Phi) is 9.97. The number of nitrogens with two attached hydrogens (primary N) is 1. The number of rotatable bonds is 10. The molecular weight excluding hydrogens is 588 g/mol. The van der Waals surface area contributed by atoms with Crippen molar-refractivity contribution in [1.82, 2.24) is 4.98 Å². The molecule has 0 aliphatic carbocycles. The number of pyridine rings is 1. The number of aromatic nitrogens is 1. The van der Waals surface area contributed by atoms with E-state index in [4.69, 9.17) is 10.6 Å². The Morgan fingerprint density at radius 3 is 2.23 bits per heavy atom. The largest absolute Gasteiger partial charge is 0.489 e. The van der Waals surface area contributed by atoms with Gasteiger partial charge in [0.25, 0.3) is 6.43 Å². The van der Waals surface area contributed by atoms with Crippen LogP contribution >= 0.6 is 0 Å². The third-order valence-electron chi connectivity index (χ3n) is 6.34. The molecule has 4 rings (SSSR count). The van der Waals surface area contributed by atoms with Crippen molar-refractivity contribution in [3.8, 4) is 17.6 Å². The van der Waals surface area contributed by atoms with E-state index in [0.717, 1.165) is 18.3 Å². The first-order valence-electron chi connectivity index (χ1n) is 12.8. The summed E-state index contributed by atoms with van der Waals surface area (Å²) in [6.45, 7) is -0.916.